The molecule has 4 rings (SSSR count). The maximum atomic E-state index is 15.3. The molecule has 0 aliphatic heterocycles. The van der Waals surface area contributed by atoms with E-state index in [9.17, 15) is 14.0 Å². The van der Waals surface area contributed by atoms with Crippen LogP contribution >= 0.6 is 11.3 Å². The molecule has 10 heteroatoms. The Balaban J connectivity index is 1.67. The number of halogens is 2. The smallest absolute Gasteiger partial charge is 0.412 e. The molecule has 170 valence electrons. The van der Waals surface area contributed by atoms with Gasteiger partial charge in [0.25, 0.3) is 0 Å². The Kier molecular flexibility index (Phi) is 5.62. The molecule has 2 aromatic heterocycles. The van der Waals surface area contributed by atoms with E-state index in [2.05, 4.69) is 15.5 Å². The van der Waals surface area contributed by atoms with Crippen molar-refractivity contribution in [2.24, 2.45) is 5.73 Å². The number of H-pyrrole nitrogens is 1. The van der Waals surface area contributed by atoms with Crippen molar-refractivity contribution in [3.63, 3.8) is 0 Å². The maximum absolute atomic E-state index is 15.3. The average Bonchev–Trinajstić information content (AvgIpc) is 3.35. The van der Waals surface area contributed by atoms with Crippen molar-refractivity contribution >= 4 is 39.9 Å². The lowest BCUT2D eigenvalue weighted by Gasteiger charge is -2.20. The summed E-state index contributed by atoms with van der Waals surface area (Å²) in [5, 5.41) is 11.3. The largest absolute Gasteiger partial charge is 0.444 e. The molecule has 0 bridgehead atoms. The zero-order chi connectivity index (χ0) is 23.9. The molecular formula is C23H20F2N4O3S. The van der Waals surface area contributed by atoms with Crippen LogP contribution < -0.4 is 11.1 Å². The van der Waals surface area contributed by atoms with Gasteiger partial charge in [-0.25, -0.2) is 13.6 Å². The van der Waals surface area contributed by atoms with Gasteiger partial charge in [-0.3, -0.25) is 15.2 Å². The van der Waals surface area contributed by atoms with Gasteiger partial charge in [0.2, 0.25) is 5.91 Å². The molecule has 2 heterocycles. The molecule has 0 aliphatic rings. The fourth-order valence-electron chi connectivity index (χ4n) is 3.34. The zero-order valence-corrected chi connectivity index (χ0v) is 18.8. The summed E-state index contributed by atoms with van der Waals surface area (Å²) in [4.78, 5) is 24.1. The number of carbonyl (C=O) groups is 2. The van der Waals surface area contributed by atoms with Crippen molar-refractivity contribution in [1.82, 2.24) is 10.2 Å². The number of amides is 2. The number of anilines is 1. The number of hydrogen-bond acceptors (Lipinski definition) is 5. The van der Waals surface area contributed by atoms with Crippen LogP contribution in [-0.4, -0.2) is 27.8 Å². The predicted molar refractivity (Wildman–Crippen MR) is 123 cm³/mol. The number of rotatable bonds is 4. The van der Waals surface area contributed by atoms with Gasteiger partial charge < -0.3 is 10.5 Å². The molecule has 0 radical (unpaired) electrons. The van der Waals surface area contributed by atoms with Crippen LogP contribution in [-0.2, 0) is 4.74 Å². The number of aromatic nitrogens is 2. The summed E-state index contributed by atoms with van der Waals surface area (Å²) in [6, 6.07) is 8.68. The minimum Gasteiger partial charge on any atom is -0.444 e. The second-order valence-corrected chi connectivity index (χ2v) is 9.19. The first kappa shape index (κ1) is 22.4. The van der Waals surface area contributed by atoms with Gasteiger partial charge in [-0.15, -0.1) is 11.3 Å². The number of nitrogens with two attached hydrogens (primary N) is 1. The molecule has 0 unspecified atom stereocenters. The van der Waals surface area contributed by atoms with E-state index in [1.54, 1.807) is 38.3 Å². The van der Waals surface area contributed by atoms with Crippen molar-refractivity contribution < 1.29 is 23.1 Å². The first-order chi connectivity index (χ1) is 15.5. The van der Waals surface area contributed by atoms with Gasteiger partial charge in [-0.2, -0.15) is 5.10 Å². The molecule has 0 saturated heterocycles. The third kappa shape index (κ3) is 4.42. The Bertz CT molecular complexity index is 1390. The summed E-state index contributed by atoms with van der Waals surface area (Å²) < 4.78 is 35.1. The summed E-state index contributed by atoms with van der Waals surface area (Å²) >= 11 is 1.27. The molecule has 0 aliphatic carbocycles. The van der Waals surface area contributed by atoms with Crippen molar-refractivity contribution in [2.45, 2.75) is 26.4 Å². The number of ether oxygens (including phenoxy) is 1. The van der Waals surface area contributed by atoms with Crippen LogP contribution in [0.1, 0.15) is 31.1 Å². The normalized spacial score (nSPS) is 11.5. The molecular weight excluding hydrogens is 450 g/mol. The molecule has 0 saturated carbocycles. The average molecular weight is 471 g/mol. The Labute approximate surface area is 191 Å². The van der Waals surface area contributed by atoms with E-state index in [1.807, 2.05) is 0 Å². The van der Waals surface area contributed by atoms with Gasteiger partial charge in [-0.05, 0) is 56.0 Å². The lowest BCUT2D eigenvalue weighted by Crippen LogP contribution is -2.27. The number of fused-ring (bicyclic) bond motifs is 1. The number of primary amides is 1. The Morgan fingerprint density at radius 2 is 1.91 bits per heavy atom. The first-order valence-corrected chi connectivity index (χ1v) is 10.8. The zero-order valence-electron chi connectivity index (χ0n) is 18.0. The van der Waals surface area contributed by atoms with Gasteiger partial charge >= 0.3 is 6.09 Å². The molecule has 2 aromatic carbocycles. The van der Waals surface area contributed by atoms with Crippen molar-refractivity contribution in [1.29, 1.82) is 0 Å². The predicted octanol–water partition coefficient (Wildman–Crippen LogP) is 5.68. The highest BCUT2D eigenvalue weighted by molar-refractivity contribution is 7.14. The minimum atomic E-state index is -0.796. The number of carbonyl (C=O) groups excluding carboxylic acids is 2. The standard InChI is InChI=1S/C23H20F2N4O3S/c1-23(2,3)32-22(31)27-16-7-4-11(10-15(16)24)12-5-6-13-18(17(12)25)28-29-19(13)20-14(21(26)30)8-9-33-20/h4-10H,1-3H3,(H2,26,30)(H,27,31)(H,28,29). The second kappa shape index (κ2) is 8.28. The Hall–Kier alpha value is -3.79. The monoisotopic (exact) mass is 470 g/mol. The number of hydrogen-bond donors (Lipinski definition) is 3. The highest BCUT2D eigenvalue weighted by Gasteiger charge is 2.21. The van der Waals surface area contributed by atoms with Crippen LogP contribution in [0.2, 0.25) is 0 Å². The molecule has 0 fully saturated rings. The molecule has 4 N–H and O–H groups in total. The number of thiophene rings is 1. The number of nitrogens with zero attached hydrogens (tertiary/aromatic N) is 1. The van der Waals surface area contributed by atoms with Crippen LogP contribution in [0.3, 0.4) is 0 Å². The molecule has 0 atom stereocenters. The third-order valence-electron chi connectivity index (χ3n) is 4.74. The summed E-state index contributed by atoms with van der Waals surface area (Å²) in [5.41, 5.74) is 5.82. The molecule has 0 spiro atoms. The van der Waals surface area contributed by atoms with E-state index in [0.29, 0.717) is 21.5 Å². The molecule has 33 heavy (non-hydrogen) atoms. The van der Waals surface area contributed by atoms with Crippen LogP contribution in [0.25, 0.3) is 32.6 Å². The van der Waals surface area contributed by atoms with E-state index in [4.69, 9.17) is 10.5 Å². The SMILES string of the molecule is CC(C)(C)OC(=O)Nc1ccc(-c2ccc3c(-c4sccc4C(N)=O)n[nH]c3c2F)cc1F. The summed E-state index contributed by atoms with van der Waals surface area (Å²) in [6.45, 7) is 5.08. The van der Waals surface area contributed by atoms with Gasteiger partial charge in [0.15, 0.2) is 5.82 Å². The Morgan fingerprint density at radius 1 is 1.15 bits per heavy atom. The quantitative estimate of drug-likeness (QED) is 0.356. The Morgan fingerprint density at radius 3 is 2.58 bits per heavy atom. The molecule has 7 nitrogen and oxygen atoms in total. The van der Waals surface area contributed by atoms with Gasteiger partial charge in [0.1, 0.15) is 22.6 Å². The first-order valence-electron chi connectivity index (χ1n) is 9.89. The highest BCUT2D eigenvalue weighted by Crippen LogP contribution is 2.37. The van der Waals surface area contributed by atoms with E-state index in [1.165, 1.54) is 29.5 Å². The van der Waals surface area contributed by atoms with Crippen LogP contribution in [0.15, 0.2) is 41.8 Å². The topological polar surface area (TPSA) is 110 Å². The van der Waals surface area contributed by atoms with Crippen LogP contribution in [0.5, 0.6) is 0 Å². The second-order valence-electron chi connectivity index (χ2n) is 8.27. The van der Waals surface area contributed by atoms with Gasteiger partial charge in [-0.1, -0.05) is 12.1 Å². The summed E-state index contributed by atoms with van der Waals surface area (Å²) in [5.74, 6) is -1.97. The van der Waals surface area contributed by atoms with Gasteiger partial charge in [0, 0.05) is 10.9 Å². The fourth-order valence-corrected chi connectivity index (χ4v) is 4.24. The number of aromatic amines is 1. The van der Waals surface area contributed by atoms with Crippen molar-refractivity contribution in [3.05, 3.63) is 59.0 Å². The van der Waals surface area contributed by atoms with E-state index >= 15 is 4.39 Å². The van der Waals surface area contributed by atoms with Gasteiger partial charge in [0.05, 0.1) is 16.1 Å². The van der Waals surface area contributed by atoms with Crippen LogP contribution in [0, 0.1) is 11.6 Å². The minimum absolute atomic E-state index is 0.0880. The summed E-state index contributed by atoms with van der Waals surface area (Å²) in [6.07, 6.45) is -0.796. The number of nitrogens with one attached hydrogen (secondary N) is 2. The highest BCUT2D eigenvalue weighted by atomic mass is 32.1. The lowest BCUT2D eigenvalue weighted by molar-refractivity contribution is 0.0635. The maximum Gasteiger partial charge on any atom is 0.412 e. The van der Waals surface area contributed by atoms with E-state index in [0.717, 1.165) is 6.07 Å². The van der Waals surface area contributed by atoms with Crippen LogP contribution in [0.4, 0.5) is 19.3 Å². The number of benzene rings is 2. The van der Waals surface area contributed by atoms with E-state index < -0.39 is 29.2 Å². The van der Waals surface area contributed by atoms with Crippen molar-refractivity contribution in [3.8, 4) is 21.7 Å². The fraction of sp³-hybridized carbons (Fsp3) is 0.174. The summed E-state index contributed by atoms with van der Waals surface area (Å²) in [7, 11) is 0. The lowest BCUT2D eigenvalue weighted by atomic mass is 10.0. The molecule has 2 amide bonds. The third-order valence-corrected chi connectivity index (χ3v) is 5.66. The van der Waals surface area contributed by atoms with E-state index in [-0.39, 0.29) is 22.3 Å². The molecule has 4 aromatic rings. The van der Waals surface area contributed by atoms with Crippen molar-refractivity contribution in [2.75, 3.05) is 5.32 Å².